The van der Waals surface area contributed by atoms with E-state index < -0.39 is 5.82 Å². The van der Waals surface area contributed by atoms with Crippen molar-refractivity contribution in [3.63, 3.8) is 0 Å². The number of likely N-dealkylation sites (tertiary alicyclic amines) is 1. The number of halogens is 1. The molecule has 1 aromatic heterocycles. The lowest BCUT2D eigenvalue weighted by Gasteiger charge is -2.26. The minimum absolute atomic E-state index is 0.0142. The molecule has 0 spiro atoms. The lowest BCUT2D eigenvalue weighted by molar-refractivity contribution is -0.131. The van der Waals surface area contributed by atoms with Crippen molar-refractivity contribution in [1.82, 2.24) is 9.88 Å². The van der Waals surface area contributed by atoms with E-state index in [0.29, 0.717) is 5.56 Å². The van der Waals surface area contributed by atoms with Crippen LogP contribution < -0.4 is 9.64 Å². The number of nitrogens with zero attached hydrogens (tertiary/aromatic N) is 3. The van der Waals surface area contributed by atoms with Crippen LogP contribution in [-0.2, 0) is 11.2 Å². The van der Waals surface area contributed by atoms with E-state index in [4.69, 9.17) is 4.74 Å². The number of carbonyl (C=O) groups is 1. The number of pyridine rings is 1. The fourth-order valence-electron chi connectivity index (χ4n) is 3.39. The smallest absolute Gasteiger partial charge is 0.227 e. The van der Waals surface area contributed by atoms with Crippen molar-refractivity contribution in [1.29, 1.82) is 0 Å². The highest BCUT2D eigenvalue weighted by molar-refractivity contribution is 5.79. The van der Waals surface area contributed by atoms with Gasteiger partial charge in [-0.3, -0.25) is 4.79 Å². The van der Waals surface area contributed by atoms with Crippen molar-refractivity contribution in [2.24, 2.45) is 0 Å². The summed E-state index contributed by atoms with van der Waals surface area (Å²) in [6.07, 6.45) is 3.86. The number of rotatable bonds is 5. The molecule has 1 aromatic carbocycles. The molecule has 0 saturated carbocycles. The van der Waals surface area contributed by atoms with Crippen molar-refractivity contribution in [2.75, 3.05) is 32.6 Å². The Morgan fingerprint density at radius 2 is 2.15 bits per heavy atom. The predicted molar refractivity (Wildman–Crippen MR) is 98.9 cm³/mol. The summed E-state index contributed by atoms with van der Waals surface area (Å²) in [6, 6.07) is 8.72. The lowest BCUT2D eigenvalue weighted by atomic mass is 10.0. The zero-order valence-corrected chi connectivity index (χ0v) is 15.4. The summed E-state index contributed by atoms with van der Waals surface area (Å²) in [7, 11) is 5.32. The van der Waals surface area contributed by atoms with Gasteiger partial charge >= 0.3 is 0 Å². The molecule has 1 aliphatic rings. The van der Waals surface area contributed by atoms with Gasteiger partial charge in [0.15, 0.2) is 11.6 Å². The van der Waals surface area contributed by atoms with Crippen molar-refractivity contribution in [3.8, 4) is 5.75 Å². The topological polar surface area (TPSA) is 45.7 Å². The van der Waals surface area contributed by atoms with Gasteiger partial charge in [0, 0.05) is 26.8 Å². The van der Waals surface area contributed by atoms with Crippen LogP contribution in [0, 0.1) is 5.82 Å². The highest BCUT2D eigenvalue weighted by Gasteiger charge is 2.30. The van der Waals surface area contributed by atoms with Crippen molar-refractivity contribution in [3.05, 3.63) is 53.5 Å². The fourth-order valence-corrected chi connectivity index (χ4v) is 3.39. The first-order valence-electron chi connectivity index (χ1n) is 8.74. The van der Waals surface area contributed by atoms with Gasteiger partial charge in [-0.25, -0.2) is 9.37 Å². The minimum atomic E-state index is -0.444. The average molecular weight is 357 g/mol. The average Bonchev–Trinajstić information content (AvgIpc) is 3.12. The summed E-state index contributed by atoms with van der Waals surface area (Å²) in [5.74, 6) is 0.632. The number of benzene rings is 1. The molecule has 6 heteroatoms. The van der Waals surface area contributed by atoms with Gasteiger partial charge in [0.1, 0.15) is 5.82 Å². The molecular formula is C20H24FN3O2. The summed E-state index contributed by atoms with van der Waals surface area (Å²) in [4.78, 5) is 21.0. The molecular weight excluding hydrogens is 333 g/mol. The maximum Gasteiger partial charge on any atom is 0.227 e. The first kappa shape index (κ1) is 18.2. The van der Waals surface area contributed by atoms with Gasteiger partial charge in [-0.2, -0.15) is 0 Å². The van der Waals surface area contributed by atoms with E-state index in [1.807, 2.05) is 36.0 Å². The van der Waals surface area contributed by atoms with Gasteiger partial charge in [-0.1, -0.05) is 6.07 Å². The van der Waals surface area contributed by atoms with E-state index in [-0.39, 0.29) is 24.1 Å². The quantitative estimate of drug-likeness (QED) is 0.824. The number of hydrogen-bond acceptors (Lipinski definition) is 4. The zero-order valence-electron chi connectivity index (χ0n) is 15.4. The summed E-state index contributed by atoms with van der Waals surface area (Å²) in [5, 5.41) is 0. The Kier molecular flexibility index (Phi) is 5.40. The van der Waals surface area contributed by atoms with E-state index in [1.165, 1.54) is 13.2 Å². The fraction of sp³-hybridized carbons (Fsp3) is 0.400. The first-order chi connectivity index (χ1) is 12.5. The van der Waals surface area contributed by atoms with E-state index in [1.54, 1.807) is 18.3 Å². The molecule has 1 unspecified atom stereocenters. The van der Waals surface area contributed by atoms with Gasteiger partial charge in [-0.15, -0.1) is 0 Å². The Balaban J connectivity index is 1.76. The van der Waals surface area contributed by atoms with E-state index >= 15 is 0 Å². The van der Waals surface area contributed by atoms with Crippen LogP contribution >= 0.6 is 0 Å². The van der Waals surface area contributed by atoms with Gasteiger partial charge in [-0.05, 0) is 48.2 Å². The third-order valence-corrected chi connectivity index (χ3v) is 4.76. The molecule has 138 valence electrons. The SMILES string of the molecule is COc1ccc(CC(=O)N2CCCC2c2ccnc(N(C)C)c2)cc1F. The van der Waals surface area contributed by atoms with Crippen LogP contribution in [0.2, 0.25) is 0 Å². The summed E-state index contributed by atoms with van der Waals surface area (Å²) >= 11 is 0. The molecule has 1 fully saturated rings. The second-order valence-electron chi connectivity index (χ2n) is 6.73. The van der Waals surface area contributed by atoms with Crippen LogP contribution in [0.3, 0.4) is 0 Å². The maximum absolute atomic E-state index is 13.9. The zero-order chi connectivity index (χ0) is 18.7. The van der Waals surface area contributed by atoms with E-state index in [9.17, 15) is 9.18 Å². The summed E-state index contributed by atoms with van der Waals surface area (Å²) in [5.41, 5.74) is 1.75. The number of ether oxygens (including phenoxy) is 1. The predicted octanol–water partition coefficient (Wildman–Crippen LogP) is 3.20. The molecule has 2 heterocycles. The van der Waals surface area contributed by atoms with E-state index in [2.05, 4.69) is 4.98 Å². The van der Waals surface area contributed by atoms with Crippen LogP contribution in [0.15, 0.2) is 36.5 Å². The Bertz CT molecular complexity index is 794. The molecule has 5 nitrogen and oxygen atoms in total. The molecule has 2 aromatic rings. The number of aromatic nitrogens is 1. The second kappa shape index (κ2) is 7.72. The van der Waals surface area contributed by atoms with Crippen LogP contribution in [0.1, 0.15) is 30.0 Å². The number of amides is 1. The Morgan fingerprint density at radius 3 is 2.85 bits per heavy atom. The minimum Gasteiger partial charge on any atom is -0.494 e. The second-order valence-corrected chi connectivity index (χ2v) is 6.73. The molecule has 0 bridgehead atoms. The van der Waals surface area contributed by atoms with Crippen LogP contribution in [0.5, 0.6) is 5.75 Å². The Morgan fingerprint density at radius 1 is 1.35 bits per heavy atom. The Labute approximate surface area is 153 Å². The number of anilines is 1. The monoisotopic (exact) mass is 357 g/mol. The van der Waals surface area contributed by atoms with Crippen LogP contribution in [-0.4, -0.2) is 43.5 Å². The molecule has 26 heavy (non-hydrogen) atoms. The van der Waals surface area contributed by atoms with Crippen LogP contribution in [0.25, 0.3) is 0 Å². The van der Waals surface area contributed by atoms with E-state index in [0.717, 1.165) is 30.8 Å². The maximum atomic E-state index is 13.9. The molecule has 3 rings (SSSR count). The third-order valence-electron chi connectivity index (χ3n) is 4.76. The normalized spacial score (nSPS) is 16.6. The van der Waals surface area contributed by atoms with Crippen molar-refractivity contribution in [2.45, 2.75) is 25.3 Å². The van der Waals surface area contributed by atoms with Crippen molar-refractivity contribution < 1.29 is 13.9 Å². The van der Waals surface area contributed by atoms with Crippen molar-refractivity contribution >= 4 is 11.7 Å². The third kappa shape index (κ3) is 3.79. The number of carbonyl (C=O) groups excluding carboxylic acids is 1. The number of methoxy groups -OCH3 is 1. The summed E-state index contributed by atoms with van der Waals surface area (Å²) in [6.45, 7) is 0.724. The lowest BCUT2D eigenvalue weighted by Crippen LogP contribution is -2.32. The van der Waals surface area contributed by atoms with Gasteiger partial charge in [0.2, 0.25) is 5.91 Å². The first-order valence-corrected chi connectivity index (χ1v) is 8.74. The molecule has 0 aliphatic carbocycles. The van der Waals surface area contributed by atoms with Gasteiger partial charge < -0.3 is 14.5 Å². The molecule has 1 saturated heterocycles. The molecule has 1 atom stereocenters. The molecule has 1 amide bonds. The standard InChI is InChI=1S/C20H24FN3O2/c1-23(2)19-13-15(8-9-22-19)17-5-4-10-24(17)20(25)12-14-6-7-18(26-3)16(21)11-14/h6-9,11,13,17H,4-5,10,12H2,1-3H3. The molecule has 0 radical (unpaired) electrons. The molecule has 1 aliphatic heterocycles. The Hall–Kier alpha value is -2.63. The number of hydrogen-bond donors (Lipinski definition) is 0. The van der Waals surface area contributed by atoms with Crippen LogP contribution in [0.4, 0.5) is 10.2 Å². The summed E-state index contributed by atoms with van der Waals surface area (Å²) < 4.78 is 18.8. The van der Waals surface area contributed by atoms with Gasteiger partial charge in [0.25, 0.3) is 0 Å². The van der Waals surface area contributed by atoms with Gasteiger partial charge in [0.05, 0.1) is 19.6 Å². The largest absolute Gasteiger partial charge is 0.494 e. The molecule has 0 N–H and O–H groups in total. The highest BCUT2D eigenvalue weighted by atomic mass is 19.1. The highest BCUT2D eigenvalue weighted by Crippen LogP contribution is 2.33.